The van der Waals surface area contributed by atoms with Crippen LogP contribution in [-0.2, 0) is 16.1 Å². The van der Waals surface area contributed by atoms with Gasteiger partial charge in [0.15, 0.2) is 11.6 Å². The van der Waals surface area contributed by atoms with Crippen LogP contribution in [0.15, 0.2) is 67.0 Å². The van der Waals surface area contributed by atoms with Crippen molar-refractivity contribution in [3.63, 3.8) is 0 Å². The molecule has 8 nitrogen and oxygen atoms in total. The molecule has 1 atom stereocenters. The number of carbonyl (C=O) groups is 2. The fraction of sp³-hybridized carbons (Fsp3) is 0.217. The molecule has 1 fully saturated rings. The molecule has 1 saturated heterocycles. The highest BCUT2D eigenvalue weighted by atomic mass is 19.1. The number of amides is 1. The number of benzene rings is 1. The van der Waals surface area contributed by atoms with Gasteiger partial charge in [-0.2, -0.15) is 0 Å². The molecule has 1 unspecified atom stereocenters. The lowest BCUT2D eigenvalue weighted by atomic mass is 9.96. The van der Waals surface area contributed by atoms with Crippen LogP contribution in [0.25, 0.3) is 5.76 Å². The molecule has 4 rings (SSSR count). The Morgan fingerprint density at radius 3 is 2.56 bits per heavy atom. The molecule has 0 aliphatic carbocycles. The normalized spacial score (nSPS) is 17.7. The van der Waals surface area contributed by atoms with Gasteiger partial charge in [0.1, 0.15) is 5.76 Å². The van der Waals surface area contributed by atoms with Crippen molar-refractivity contribution < 1.29 is 23.8 Å². The van der Waals surface area contributed by atoms with Gasteiger partial charge in [-0.05, 0) is 42.3 Å². The molecule has 1 aliphatic rings. The highest BCUT2D eigenvalue weighted by Crippen LogP contribution is 2.39. The van der Waals surface area contributed by atoms with Gasteiger partial charge in [0.05, 0.1) is 25.1 Å². The largest absolute Gasteiger partial charge is 0.507 e. The van der Waals surface area contributed by atoms with Crippen LogP contribution >= 0.6 is 0 Å². The average molecular weight is 436 g/mol. The molecule has 164 valence electrons. The summed E-state index contributed by atoms with van der Waals surface area (Å²) in [6, 6.07) is 6.42. The number of hydrogen-bond donors (Lipinski definition) is 1. The van der Waals surface area contributed by atoms with E-state index in [9.17, 15) is 19.1 Å². The van der Waals surface area contributed by atoms with Crippen LogP contribution in [0.2, 0.25) is 0 Å². The number of aliphatic hydroxyl groups is 1. The summed E-state index contributed by atoms with van der Waals surface area (Å²) in [6.07, 6.45) is 8.82. The Hall–Kier alpha value is -4.01. The number of ketones is 1. The minimum absolute atomic E-state index is 0.00665. The number of Topliss-reactive ketones (excluding diaryl/α,β-unsaturated/α-hetero) is 1. The van der Waals surface area contributed by atoms with Gasteiger partial charge in [-0.3, -0.25) is 14.6 Å². The van der Waals surface area contributed by atoms with Crippen LogP contribution in [0.1, 0.15) is 23.6 Å². The summed E-state index contributed by atoms with van der Waals surface area (Å²) in [5.74, 6) is -2.65. The van der Waals surface area contributed by atoms with E-state index in [1.807, 2.05) is 10.8 Å². The number of likely N-dealkylation sites (tertiary alicyclic amines) is 1. The molecule has 2 aromatic heterocycles. The minimum atomic E-state index is -0.817. The fourth-order valence-corrected chi connectivity index (χ4v) is 3.81. The molecule has 1 amide bonds. The monoisotopic (exact) mass is 436 g/mol. The van der Waals surface area contributed by atoms with Crippen molar-refractivity contribution in [1.29, 1.82) is 0 Å². The third-order valence-electron chi connectivity index (χ3n) is 5.36. The standard InChI is InChI=1S/C23H21FN4O4/c1-32-18-4-3-16(13-17(18)24)21(29)19-20(15-5-7-25-8-6-15)28(23(31)22(19)30)11-2-10-27-12-9-26-14-27/h3-9,12-14,20,29H,2,10-11H2,1H3/b21-19+. The average Bonchev–Trinajstić information content (AvgIpc) is 3.41. The number of ether oxygens (including phenoxy) is 1. The van der Waals surface area contributed by atoms with Gasteiger partial charge in [-0.1, -0.05) is 0 Å². The van der Waals surface area contributed by atoms with E-state index in [4.69, 9.17) is 4.74 Å². The van der Waals surface area contributed by atoms with Gasteiger partial charge < -0.3 is 19.3 Å². The molecule has 1 aromatic carbocycles. The second kappa shape index (κ2) is 9.01. The molecule has 0 bridgehead atoms. The molecule has 3 aromatic rings. The van der Waals surface area contributed by atoms with Gasteiger partial charge >= 0.3 is 0 Å². The van der Waals surface area contributed by atoms with Gasteiger partial charge in [0.25, 0.3) is 11.7 Å². The summed E-state index contributed by atoms with van der Waals surface area (Å²) >= 11 is 0. The third kappa shape index (κ3) is 3.96. The highest BCUT2D eigenvalue weighted by Gasteiger charge is 2.45. The maximum Gasteiger partial charge on any atom is 0.295 e. The summed E-state index contributed by atoms with van der Waals surface area (Å²) < 4.78 is 21.0. The molecule has 0 saturated carbocycles. The predicted octanol–water partition coefficient (Wildman–Crippen LogP) is 2.94. The summed E-state index contributed by atoms with van der Waals surface area (Å²) in [5, 5.41) is 11.0. The topological polar surface area (TPSA) is 97.6 Å². The Kier molecular flexibility index (Phi) is 5.98. The number of hydrogen-bond acceptors (Lipinski definition) is 6. The second-order valence-corrected chi connectivity index (χ2v) is 7.28. The van der Waals surface area contributed by atoms with Gasteiger partial charge in [0.2, 0.25) is 0 Å². The molecule has 32 heavy (non-hydrogen) atoms. The van der Waals surface area contributed by atoms with Crippen molar-refractivity contribution in [1.82, 2.24) is 19.4 Å². The Morgan fingerprint density at radius 2 is 1.91 bits per heavy atom. The number of pyridine rings is 1. The molecule has 1 aliphatic heterocycles. The lowest BCUT2D eigenvalue weighted by Gasteiger charge is -2.25. The first-order chi connectivity index (χ1) is 15.5. The van der Waals surface area contributed by atoms with E-state index in [0.29, 0.717) is 18.5 Å². The van der Waals surface area contributed by atoms with E-state index in [2.05, 4.69) is 9.97 Å². The Morgan fingerprint density at radius 1 is 1.12 bits per heavy atom. The van der Waals surface area contributed by atoms with E-state index < -0.39 is 29.3 Å². The number of nitrogens with zero attached hydrogens (tertiary/aromatic N) is 4. The van der Waals surface area contributed by atoms with Crippen molar-refractivity contribution in [2.24, 2.45) is 0 Å². The van der Waals surface area contributed by atoms with Crippen molar-refractivity contribution in [2.75, 3.05) is 13.7 Å². The van der Waals surface area contributed by atoms with Gasteiger partial charge in [-0.25, -0.2) is 9.37 Å². The number of methoxy groups -OCH3 is 1. The summed E-state index contributed by atoms with van der Waals surface area (Å²) in [5.41, 5.74) is 0.615. The van der Waals surface area contributed by atoms with Crippen molar-refractivity contribution in [3.05, 3.63) is 84.0 Å². The van der Waals surface area contributed by atoms with Gasteiger partial charge in [0, 0.05) is 43.4 Å². The van der Waals surface area contributed by atoms with Crippen molar-refractivity contribution >= 4 is 17.4 Å². The Labute approximate surface area is 183 Å². The molecule has 9 heteroatoms. The zero-order valence-corrected chi connectivity index (χ0v) is 17.3. The lowest BCUT2D eigenvalue weighted by Crippen LogP contribution is -2.31. The maximum atomic E-state index is 14.2. The smallest absolute Gasteiger partial charge is 0.295 e. The molecular weight excluding hydrogens is 415 g/mol. The number of rotatable bonds is 7. The first-order valence-electron chi connectivity index (χ1n) is 9.99. The van der Waals surface area contributed by atoms with Crippen molar-refractivity contribution in [2.45, 2.75) is 19.0 Å². The number of halogens is 1. The van der Waals surface area contributed by atoms with Crippen LogP contribution in [0.4, 0.5) is 4.39 Å². The Bertz CT molecular complexity index is 1160. The minimum Gasteiger partial charge on any atom is -0.507 e. The predicted molar refractivity (Wildman–Crippen MR) is 113 cm³/mol. The number of carbonyl (C=O) groups excluding carboxylic acids is 2. The molecular formula is C23H21FN4O4. The fourth-order valence-electron chi connectivity index (χ4n) is 3.81. The van der Waals surface area contributed by atoms with Crippen LogP contribution in [-0.4, -0.2) is 49.9 Å². The second-order valence-electron chi connectivity index (χ2n) is 7.28. The highest BCUT2D eigenvalue weighted by molar-refractivity contribution is 6.46. The van der Waals surface area contributed by atoms with E-state index >= 15 is 0 Å². The van der Waals surface area contributed by atoms with E-state index in [1.54, 1.807) is 37.1 Å². The number of aliphatic hydroxyl groups excluding tert-OH is 1. The maximum absolute atomic E-state index is 14.2. The molecule has 3 heterocycles. The lowest BCUT2D eigenvalue weighted by molar-refractivity contribution is -0.139. The van der Waals surface area contributed by atoms with Crippen molar-refractivity contribution in [3.8, 4) is 5.75 Å². The Balaban J connectivity index is 1.72. The van der Waals surface area contributed by atoms with Crippen LogP contribution in [0, 0.1) is 5.82 Å². The third-order valence-corrected chi connectivity index (χ3v) is 5.36. The first-order valence-corrected chi connectivity index (χ1v) is 9.99. The van der Waals surface area contributed by atoms with Gasteiger partial charge in [-0.15, -0.1) is 0 Å². The summed E-state index contributed by atoms with van der Waals surface area (Å²) in [6.45, 7) is 0.888. The van der Waals surface area contributed by atoms with E-state index in [0.717, 1.165) is 6.07 Å². The molecule has 1 N–H and O–H groups in total. The van der Waals surface area contributed by atoms with E-state index in [1.165, 1.54) is 24.1 Å². The van der Waals surface area contributed by atoms with Crippen LogP contribution in [0.5, 0.6) is 5.75 Å². The summed E-state index contributed by atoms with van der Waals surface area (Å²) in [4.78, 5) is 35.3. The first kappa shape index (κ1) is 21.2. The number of aromatic nitrogens is 3. The molecule has 0 radical (unpaired) electrons. The molecule has 0 spiro atoms. The summed E-state index contributed by atoms with van der Waals surface area (Å²) in [7, 11) is 1.33. The van der Waals surface area contributed by atoms with Crippen LogP contribution < -0.4 is 4.74 Å². The van der Waals surface area contributed by atoms with E-state index in [-0.39, 0.29) is 23.4 Å². The quantitative estimate of drug-likeness (QED) is 0.348. The van der Waals surface area contributed by atoms with Crippen LogP contribution in [0.3, 0.4) is 0 Å². The SMILES string of the molecule is COc1ccc(/C(O)=C2\C(=O)C(=O)N(CCCn3ccnc3)C2c2ccncc2)cc1F. The zero-order chi connectivity index (χ0) is 22.7. The number of imidazole rings is 1. The zero-order valence-electron chi connectivity index (χ0n) is 17.3. The number of aryl methyl sites for hydroxylation is 1.